The molecule has 0 saturated heterocycles. The zero-order chi connectivity index (χ0) is 11.4. The number of carbonyl (C=O) groups excluding carboxylic acids is 2. The lowest BCUT2D eigenvalue weighted by atomic mass is 10.2. The highest BCUT2D eigenvalue weighted by atomic mass is 16.6. The van der Waals surface area contributed by atoms with Crippen LogP contribution in [0, 0.1) is 0 Å². The van der Waals surface area contributed by atoms with Crippen LogP contribution >= 0.6 is 0 Å². The predicted molar refractivity (Wildman–Crippen MR) is 47.2 cm³/mol. The average Bonchev–Trinajstić information content (AvgIpc) is 1.96. The molecule has 0 bridgehead atoms. The number of nitrogens with two attached hydrogens (primary N) is 1. The largest absolute Gasteiger partial charge is 0.548 e. The van der Waals surface area contributed by atoms with Crippen molar-refractivity contribution in [1.82, 2.24) is 5.32 Å². The minimum Gasteiger partial charge on any atom is -0.548 e. The number of carbonyl (C=O) groups is 2. The molecule has 1 amide bonds. The van der Waals surface area contributed by atoms with Crippen molar-refractivity contribution in [3.05, 3.63) is 0 Å². The third-order valence-corrected chi connectivity index (χ3v) is 1.17. The fourth-order valence-electron chi connectivity index (χ4n) is 0.591. The topological polar surface area (TPSA) is 104 Å². The second kappa shape index (κ2) is 4.80. The van der Waals surface area contributed by atoms with Gasteiger partial charge < -0.3 is 25.7 Å². The van der Waals surface area contributed by atoms with E-state index in [2.05, 4.69) is 5.32 Å². The molecule has 1 unspecified atom stereocenters. The minimum absolute atomic E-state index is 0.211. The fourth-order valence-corrected chi connectivity index (χ4v) is 0.591. The second-order valence-corrected chi connectivity index (χ2v) is 3.81. The van der Waals surface area contributed by atoms with Crippen LogP contribution in [0.15, 0.2) is 0 Å². The molecule has 0 fully saturated rings. The molecule has 3 N–H and O–H groups in total. The molecular weight excluding hydrogens is 188 g/mol. The Bertz CT molecular complexity index is 222. The summed E-state index contributed by atoms with van der Waals surface area (Å²) in [5, 5.41) is 12.4. The molecule has 0 aliphatic carbocycles. The summed E-state index contributed by atoms with van der Waals surface area (Å²) in [5.74, 6) is -1.42. The van der Waals surface area contributed by atoms with Gasteiger partial charge in [0.2, 0.25) is 0 Å². The van der Waals surface area contributed by atoms with Gasteiger partial charge in [0, 0.05) is 6.54 Å². The average molecular weight is 203 g/mol. The first-order valence-electron chi connectivity index (χ1n) is 4.15. The first kappa shape index (κ1) is 12.7. The summed E-state index contributed by atoms with van der Waals surface area (Å²) in [6, 6.07) is -1.22. The molecule has 0 aliphatic heterocycles. The van der Waals surface area contributed by atoms with Gasteiger partial charge in [0.25, 0.3) is 0 Å². The van der Waals surface area contributed by atoms with Gasteiger partial charge in [-0.1, -0.05) is 0 Å². The standard InChI is InChI=1S/C8H16N2O4/c1-8(2,3)14-7(13)10-4-5(9)6(11)12/h5H,4,9H2,1-3H3,(H,10,13)(H,11,12)/p-1. The van der Waals surface area contributed by atoms with E-state index in [1.165, 1.54) is 0 Å². The van der Waals surface area contributed by atoms with Gasteiger partial charge in [0.05, 0.1) is 12.0 Å². The van der Waals surface area contributed by atoms with E-state index < -0.39 is 23.7 Å². The van der Waals surface area contributed by atoms with Gasteiger partial charge in [-0.15, -0.1) is 0 Å². The van der Waals surface area contributed by atoms with Crippen LogP contribution < -0.4 is 16.2 Å². The molecule has 0 heterocycles. The maximum absolute atomic E-state index is 11.0. The highest BCUT2D eigenvalue weighted by Gasteiger charge is 2.16. The van der Waals surface area contributed by atoms with Crippen LogP contribution in [0.25, 0.3) is 0 Å². The number of carboxylic acid groups (broad SMARTS) is 1. The molecule has 0 saturated carbocycles. The van der Waals surface area contributed by atoms with E-state index in [-0.39, 0.29) is 6.54 Å². The van der Waals surface area contributed by atoms with E-state index in [0.717, 1.165) is 0 Å². The van der Waals surface area contributed by atoms with Crippen molar-refractivity contribution < 1.29 is 19.4 Å². The number of carboxylic acids is 1. The van der Waals surface area contributed by atoms with Crippen molar-refractivity contribution in [2.75, 3.05) is 6.54 Å². The van der Waals surface area contributed by atoms with Gasteiger partial charge in [-0.25, -0.2) is 4.79 Å². The van der Waals surface area contributed by atoms with E-state index >= 15 is 0 Å². The molecule has 6 heteroatoms. The summed E-state index contributed by atoms with van der Waals surface area (Å²) in [4.78, 5) is 21.2. The Hall–Kier alpha value is -1.30. The Labute approximate surface area is 82.4 Å². The van der Waals surface area contributed by atoms with Crippen molar-refractivity contribution in [3.63, 3.8) is 0 Å². The molecule has 0 radical (unpaired) electrons. The SMILES string of the molecule is CC(C)(C)OC(=O)NCC(N)C(=O)[O-]. The molecule has 0 aromatic heterocycles. The zero-order valence-corrected chi connectivity index (χ0v) is 8.49. The Morgan fingerprint density at radius 1 is 1.50 bits per heavy atom. The molecule has 0 aromatic rings. The van der Waals surface area contributed by atoms with Gasteiger partial charge in [0.1, 0.15) is 5.60 Å². The predicted octanol–water partition coefficient (Wildman–Crippen LogP) is -1.41. The van der Waals surface area contributed by atoms with E-state index in [1.54, 1.807) is 20.8 Å². The van der Waals surface area contributed by atoms with Crippen LogP contribution in [0.3, 0.4) is 0 Å². The van der Waals surface area contributed by atoms with E-state index in [9.17, 15) is 14.7 Å². The lowest BCUT2D eigenvalue weighted by molar-refractivity contribution is -0.307. The van der Waals surface area contributed by atoms with Crippen LogP contribution in [0.2, 0.25) is 0 Å². The Kier molecular flexibility index (Phi) is 4.36. The van der Waals surface area contributed by atoms with Crippen molar-refractivity contribution in [2.45, 2.75) is 32.4 Å². The van der Waals surface area contributed by atoms with Gasteiger partial charge in [-0.05, 0) is 20.8 Å². The van der Waals surface area contributed by atoms with Crippen molar-refractivity contribution in [3.8, 4) is 0 Å². The minimum atomic E-state index is -1.42. The van der Waals surface area contributed by atoms with Crippen LogP contribution in [0.5, 0.6) is 0 Å². The van der Waals surface area contributed by atoms with E-state index in [4.69, 9.17) is 10.5 Å². The quantitative estimate of drug-likeness (QED) is 0.586. The molecular formula is C8H15N2O4-. The normalized spacial score (nSPS) is 13.1. The molecule has 0 spiro atoms. The van der Waals surface area contributed by atoms with Gasteiger partial charge in [-0.2, -0.15) is 0 Å². The first-order chi connectivity index (χ1) is 6.22. The fraction of sp³-hybridized carbons (Fsp3) is 0.750. The van der Waals surface area contributed by atoms with Gasteiger partial charge in [-0.3, -0.25) is 0 Å². The van der Waals surface area contributed by atoms with Crippen LogP contribution in [-0.2, 0) is 9.53 Å². The molecule has 82 valence electrons. The summed E-state index contributed by atoms with van der Waals surface area (Å²) in [7, 11) is 0. The molecule has 6 nitrogen and oxygen atoms in total. The summed E-state index contributed by atoms with van der Waals surface area (Å²) >= 11 is 0. The Morgan fingerprint density at radius 3 is 2.36 bits per heavy atom. The molecule has 14 heavy (non-hydrogen) atoms. The number of rotatable bonds is 3. The third kappa shape index (κ3) is 6.24. The number of hydrogen-bond donors (Lipinski definition) is 2. The smallest absolute Gasteiger partial charge is 0.407 e. The van der Waals surface area contributed by atoms with E-state index in [0.29, 0.717) is 0 Å². The zero-order valence-electron chi connectivity index (χ0n) is 8.49. The first-order valence-corrected chi connectivity index (χ1v) is 4.15. The summed E-state index contributed by atoms with van der Waals surface area (Å²) in [6.07, 6.45) is -0.700. The van der Waals surface area contributed by atoms with Crippen LogP contribution in [0.4, 0.5) is 4.79 Å². The second-order valence-electron chi connectivity index (χ2n) is 3.81. The number of ether oxygens (including phenoxy) is 1. The van der Waals surface area contributed by atoms with Crippen LogP contribution in [-0.4, -0.2) is 30.3 Å². The summed E-state index contributed by atoms with van der Waals surface area (Å²) < 4.78 is 4.85. The number of nitrogens with one attached hydrogen (secondary N) is 1. The van der Waals surface area contributed by atoms with Crippen molar-refractivity contribution >= 4 is 12.1 Å². The number of aliphatic carboxylic acids is 1. The Balaban J connectivity index is 3.81. The molecule has 1 atom stereocenters. The number of alkyl carbamates (subject to hydrolysis) is 1. The van der Waals surface area contributed by atoms with E-state index in [1.807, 2.05) is 0 Å². The highest BCUT2D eigenvalue weighted by Crippen LogP contribution is 2.05. The van der Waals surface area contributed by atoms with Gasteiger partial charge >= 0.3 is 6.09 Å². The molecule has 0 aliphatic rings. The lowest BCUT2D eigenvalue weighted by Crippen LogP contribution is -2.49. The van der Waals surface area contributed by atoms with Crippen molar-refractivity contribution in [2.24, 2.45) is 5.73 Å². The maximum Gasteiger partial charge on any atom is 0.407 e. The lowest BCUT2D eigenvalue weighted by Gasteiger charge is -2.20. The summed E-state index contributed by atoms with van der Waals surface area (Å²) in [6.45, 7) is 4.89. The number of amides is 1. The van der Waals surface area contributed by atoms with Crippen LogP contribution in [0.1, 0.15) is 20.8 Å². The highest BCUT2D eigenvalue weighted by molar-refractivity contribution is 5.73. The third-order valence-electron chi connectivity index (χ3n) is 1.17. The van der Waals surface area contributed by atoms with Gasteiger partial charge in [0.15, 0.2) is 0 Å². The molecule has 0 rings (SSSR count). The van der Waals surface area contributed by atoms with Crippen molar-refractivity contribution in [1.29, 1.82) is 0 Å². The monoisotopic (exact) mass is 203 g/mol. The molecule has 0 aromatic carbocycles. The summed E-state index contributed by atoms with van der Waals surface area (Å²) in [5.41, 5.74) is 4.48. The maximum atomic E-state index is 11.0. The number of hydrogen-bond acceptors (Lipinski definition) is 5. The Morgan fingerprint density at radius 2 is 2.00 bits per heavy atom.